The number of amides is 1. The quantitative estimate of drug-likeness (QED) is 0.401. The minimum atomic E-state index is -0.618. The third-order valence-electron chi connectivity index (χ3n) is 1.23. The van der Waals surface area contributed by atoms with Crippen molar-refractivity contribution in [1.29, 1.82) is 0 Å². The summed E-state index contributed by atoms with van der Waals surface area (Å²) >= 11 is 0. The summed E-state index contributed by atoms with van der Waals surface area (Å²) in [6.07, 6.45) is 0. The summed E-state index contributed by atoms with van der Waals surface area (Å²) in [4.78, 5) is 18.1. The Morgan fingerprint density at radius 3 is 2.54 bits per heavy atom. The van der Waals surface area contributed by atoms with E-state index in [0.29, 0.717) is 0 Å². The maximum absolute atomic E-state index is 10.7. The molecule has 0 saturated carbocycles. The van der Waals surface area contributed by atoms with E-state index in [4.69, 9.17) is 17.2 Å². The smallest absolute Gasteiger partial charge is 0.267 e. The fourth-order valence-electron chi connectivity index (χ4n) is 0.755. The summed E-state index contributed by atoms with van der Waals surface area (Å²) in [5.41, 5.74) is 15.4. The van der Waals surface area contributed by atoms with Crippen LogP contribution in [0.15, 0.2) is 23.2 Å². The molecule has 0 saturated heterocycles. The number of aliphatic imine (C=N–C) groups is 1. The molecule has 0 aromatic carbocycles. The minimum absolute atomic E-state index is 0.117. The molecule has 1 heterocycles. The van der Waals surface area contributed by atoms with Crippen LogP contribution in [0.2, 0.25) is 0 Å². The molecule has 1 amide bonds. The Labute approximate surface area is 74.5 Å². The van der Waals surface area contributed by atoms with Crippen molar-refractivity contribution in [3.05, 3.63) is 23.9 Å². The zero-order valence-electron chi connectivity index (χ0n) is 6.77. The summed E-state index contributed by atoms with van der Waals surface area (Å²) in [5.74, 6) is -0.474. The highest BCUT2D eigenvalue weighted by molar-refractivity contribution is 5.91. The molecule has 6 heteroatoms. The van der Waals surface area contributed by atoms with Gasteiger partial charge in [-0.1, -0.05) is 6.07 Å². The highest BCUT2D eigenvalue weighted by Gasteiger charge is 2.01. The molecular weight excluding hydrogens is 170 g/mol. The lowest BCUT2D eigenvalue weighted by atomic mass is 10.3. The molecule has 0 atom stereocenters. The molecule has 0 aliphatic heterocycles. The van der Waals surface area contributed by atoms with E-state index in [-0.39, 0.29) is 17.5 Å². The van der Waals surface area contributed by atoms with E-state index in [1.807, 2.05) is 0 Å². The van der Waals surface area contributed by atoms with Crippen molar-refractivity contribution in [2.45, 2.75) is 0 Å². The van der Waals surface area contributed by atoms with Gasteiger partial charge in [0.15, 0.2) is 11.8 Å². The highest BCUT2D eigenvalue weighted by atomic mass is 16.1. The van der Waals surface area contributed by atoms with E-state index < -0.39 is 5.91 Å². The summed E-state index contributed by atoms with van der Waals surface area (Å²) in [6.45, 7) is 0. The van der Waals surface area contributed by atoms with Gasteiger partial charge in [0.2, 0.25) is 0 Å². The molecule has 0 fully saturated rings. The van der Waals surface area contributed by atoms with Crippen molar-refractivity contribution in [3.8, 4) is 0 Å². The number of hydrogen-bond donors (Lipinski definition) is 3. The third kappa shape index (κ3) is 2.44. The topological polar surface area (TPSA) is 120 Å². The molecule has 0 unspecified atom stereocenters. The van der Waals surface area contributed by atoms with E-state index in [1.165, 1.54) is 6.07 Å². The number of rotatable bonds is 2. The molecule has 0 bridgehead atoms. The van der Waals surface area contributed by atoms with Gasteiger partial charge in [-0.15, -0.1) is 0 Å². The third-order valence-corrected chi connectivity index (χ3v) is 1.23. The van der Waals surface area contributed by atoms with Crippen LogP contribution < -0.4 is 17.2 Å². The first-order valence-corrected chi connectivity index (χ1v) is 3.46. The largest absolute Gasteiger partial charge is 0.370 e. The van der Waals surface area contributed by atoms with Gasteiger partial charge >= 0.3 is 0 Å². The van der Waals surface area contributed by atoms with Gasteiger partial charge in [0.1, 0.15) is 5.69 Å². The van der Waals surface area contributed by atoms with Crippen LogP contribution in [-0.2, 0) is 0 Å². The molecule has 0 radical (unpaired) electrons. The van der Waals surface area contributed by atoms with Crippen molar-refractivity contribution in [1.82, 2.24) is 4.98 Å². The number of aromatic nitrogens is 1. The fraction of sp³-hybridized carbons (Fsp3) is 0. The van der Waals surface area contributed by atoms with E-state index >= 15 is 0 Å². The number of carbonyl (C=O) groups is 1. The molecule has 0 spiro atoms. The summed E-state index contributed by atoms with van der Waals surface area (Å²) < 4.78 is 0. The Morgan fingerprint density at radius 2 is 2.00 bits per heavy atom. The molecule has 1 rings (SSSR count). The average Bonchev–Trinajstić information content (AvgIpc) is 2.03. The second-order valence-corrected chi connectivity index (χ2v) is 2.28. The van der Waals surface area contributed by atoms with Gasteiger partial charge in [-0.05, 0) is 12.1 Å². The Kier molecular flexibility index (Phi) is 2.44. The Balaban J connectivity index is 3.06. The first kappa shape index (κ1) is 8.98. The van der Waals surface area contributed by atoms with Gasteiger partial charge in [0.05, 0.1) is 0 Å². The molecule has 68 valence electrons. The van der Waals surface area contributed by atoms with Crippen molar-refractivity contribution in [2.75, 3.05) is 0 Å². The SMILES string of the molecule is NC(=O)c1cccc(N=C(N)N)n1. The van der Waals surface area contributed by atoms with Gasteiger partial charge in [-0.2, -0.15) is 4.99 Å². The number of primary amides is 1. The van der Waals surface area contributed by atoms with Gasteiger partial charge in [-0.3, -0.25) is 4.79 Å². The molecule has 6 N–H and O–H groups in total. The normalized spacial score (nSPS) is 9.23. The molecule has 0 aliphatic rings. The van der Waals surface area contributed by atoms with Crippen LogP contribution in [-0.4, -0.2) is 16.9 Å². The van der Waals surface area contributed by atoms with E-state index in [1.54, 1.807) is 12.1 Å². The lowest BCUT2D eigenvalue weighted by Crippen LogP contribution is -2.22. The monoisotopic (exact) mass is 179 g/mol. The van der Waals surface area contributed by atoms with Gasteiger partial charge in [0.25, 0.3) is 5.91 Å². The highest BCUT2D eigenvalue weighted by Crippen LogP contribution is 2.07. The van der Waals surface area contributed by atoms with Crippen LogP contribution in [0.25, 0.3) is 0 Å². The zero-order chi connectivity index (χ0) is 9.84. The second kappa shape index (κ2) is 3.53. The van der Waals surface area contributed by atoms with Crippen LogP contribution in [0, 0.1) is 0 Å². The van der Waals surface area contributed by atoms with Crippen LogP contribution in [0.5, 0.6) is 0 Å². The molecule has 13 heavy (non-hydrogen) atoms. The molecule has 0 aliphatic carbocycles. The van der Waals surface area contributed by atoms with Crippen molar-refractivity contribution >= 4 is 17.7 Å². The summed E-state index contributed by atoms with van der Waals surface area (Å²) in [5, 5.41) is 0. The molecule has 1 aromatic rings. The van der Waals surface area contributed by atoms with Gasteiger partial charge in [-0.25, -0.2) is 4.98 Å². The summed E-state index contributed by atoms with van der Waals surface area (Å²) in [6, 6.07) is 4.63. The van der Waals surface area contributed by atoms with Gasteiger partial charge < -0.3 is 17.2 Å². The standard InChI is InChI=1S/C7H9N5O/c8-6(13)4-2-1-3-5(11-4)12-7(9)10/h1-3H,(H2,8,13)(H4,9,10,11,12). The van der Waals surface area contributed by atoms with Crippen molar-refractivity contribution in [3.63, 3.8) is 0 Å². The Bertz CT molecular complexity index is 356. The number of nitrogens with zero attached hydrogens (tertiary/aromatic N) is 2. The predicted molar refractivity (Wildman–Crippen MR) is 48.2 cm³/mol. The van der Waals surface area contributed by atoms with Crippen LogP contribution >= 0.6 is 0 Å². The second-order valence-electron chi connectivity index (χ2n) is 2.28. The predicted octanol–water partition coefficient (Wildman–Crippen LogP) is -0.915. The van der Waals surface area contributed by atoms with Gasteiger partial charge in [0, 0.05) is 0 Å². The lowest BCUT2D eigenvalue weighted by Gasteiger charge is -1.96. The Hall–Kier alpha value is -2.11. The number of nitrogens with two attached hydrogens (primary N) is 3. The average molecular weight is 179 g/mol. The van der Waals surface area contributed by atoms with E-state index in [0.717, 1.165) is 0 Å². The van der Waals surface area contributed by atoms with E-state index in [2.05, 4.69) is 9.98 Å². The summed E-state index contributed by atoms with van der Waals surface area (Å²) in [7, 11) is 0. The number of carbonyl (C=O) groups excluding carboxylic acids is 1. The maximum Gasteiger partial charge on any atom is 0.267 e. The van der Waals surface area contributed by atoms with Crippen LogP contribution in [0.3, 0.4) is 0 Å². The minimum Gasteiger partial charge on any atom is -0.370 e. The van der Waals surface area contributed by atoms with E-state index in [9.17, 15) is 4.79 Å². The molecule has 6 nitrogen and oxygen atoms in total. The van der Waals surface area contributed by atoms with Crippen LogP contribution in [0.4, 0.5) is 5.82 Å². The zero-order valence-corrected chi connectivity index (χ0v) is 6.77. The maximum atomic E-state index is 10.7. The number of pyridine rings is 1. The van der Waals surface area contributed by atoms with Crippen molar-refractivity contribution < 1.29 is 4.79 Å². The first-order chi connectivity index (χ1) is 6.09. The van der Waals surface area contributed by atoms with Crippen molar-refractivity contribution in [2.24, 2.45) is 22.2 Å². The number of hydrogen-bond acceptors (Lipinski definition) is 3. The first-order valence-electron chi connectivity index (χ1n) is 3.46. The van der Waals surface area contributed by atoms with Crippen LogP contribution in [0.1, 0.15) is 10.5 Å². The Morgan fingerprint density at radius 1 is 1.31 bits per heavy atom. The fourth-order valence-corrected chi connectivity index (χ4v) is 0.755. The number of guanidine groups is 1. The molecule has 1 aromatic heterocycles. The molecular formula is C7H9N5O. The lowest BCUT2D eigenvalue weighted by molar-refractivity contribution is 0.0995.